The fourth-order valence-corrected chi connectivity index (χ4v) is 1.89. The van der Waals surface area contributed by atoms with Gasteiger partial charge in [0.1, 0.15) is 5.82 Å². The van der Waals surface area contributed by atoms with Crippen LogP contribution >= 0.6 is 0 Å². The highest BCUT2D eigenvalue weighted by molar-refractivity contribution is 5.65. The molecule has 0 aliphatic carbocycles. The zero-order valence-electron chi connectivity index (χ0n) is 12.0. The Morgan fingerprint density at radius 3 is 2.47 bits per heavy atom. The number of nitrogens with zero attached hydrogens (tertiary/aromatic N) is 2. The Bertz CT molecular complexity index is 666. The second-order valence-electron chi connectivity index (χ2n) is 5.83. The van der Waals surface area contributed by atoms with E-state index in [1.807, 2.05) is 33.8 Å². The number of aryl methyl sites for hydroxylation is 1. The summed E-state index contributed by atoms with van der Waals surface area (Å²) in [6, 6.07) is 1.90. The highest BCUT2D eigenvalue weighted by Gasteiger charge is 2.20. The van der Waals surface area contributed by atoms with Gasteiger partial charge in [-0.15, -0.1) is 0 Å². The van der Waals surface area contributed by atoms with Crippen LogP contribution in [0, 0.1) is 13.8 Å². The first-order valence-corrected chi connectivity index (χ1v) is 6.33. The first-order valence-electron chi connectivity index (χ1n) is 6.33. The van der Waals surface area contributed by atoms with E-state index in [0.717, 1.165) is 16.8 Å². The van der Waals surface area contributed by atoms with Crippen LogP contribution in [0.2, 0.25) is 0 Å². The zero-order chi connectivity index (χ0) is 14.2. The summed E-state index contributed by atoms with van der Waals surface area (Å²) in [6.07, 6.45) is 3.51. The Kier molecular flexibility index (Phi) is 3.27. The van der Waals surface area contributed by atoms with Crippen molar-refractivity contribution in [3.63, 3.8) is 0 Å². The van der Waals surface area contributed by atoms with Crippen molar-refractivity contribution < 1.29 is 0 Å². The van der Waals surface area contributed by atoms with Crippen molar-refractivity contribution in [3.8, 4) is 11.3 Å². The lowest BCUT2D eigenvalue weighted by Gasteiger charge is -2.19. The molecule has 100 valence electrons. The molecule has 0 aliphatic rings. The Labute approximate surface area is 112 Å². The number of H-pyrrole nitrogens is 1. The van der Waals surface area contributed by atoms with Crippen LogP contribution < -0.4 is 5.56 Å². The quantitative estimate of drug-likeness (QED) is 0.854. The van der Waals surface area contributed by atoms with Crippen molar-refractivity contribution in [1.29, 1.82) is 0 Å². The average Bonchev–Trinajstić information content (AvgIpc) is 2.32. The van der Waals surface area contributed by atoms with Gasteiger partial charge in [0.2, 0.25) is 0 Å². The number of hydrogen-bond donors (Lipinski definition) is 1. The smallest absolute Gasteiger partial charge is 0.254 e. The van der Waals surface area contributed by atoms with Crippen LogP contribution in [-0.4, -0.2) is 15.0 Å². The van der Waals surface area contributed by atoms with Crippen LogP contribution in [0.15, 0.2) is 23.3 Å². The molecule has 0 saturated carbocycles. The van der Waals surface area contributed by atoms with E-state index in [4.69, 9.17) is 0 Å². The Hall–Kier alpha value is -1.97. The molecular weight excluding hydrogens is 238 g/mol. The molecule has 4 nitrogen and oxygen atoms in total. The van der Waals surface area contributed by atoms with Crippen LogP contribution in [0.1, 0.15) is 37.7 Å². The van der Waals surface area contributed by atoms with Crippen molar-refractivity contribution in [2.24, 2.45) is 0 Å². The van der Waals surface area contributed by atoms with E-state index in [0.29, 0.717) is 11.4 Å². The summed E-state index contributed by atoms with van der Waals surface area (Å²) in [7, 11) is 0. The fraction of sp³-hybridized carbons (Fsp3) is 0.400. The molecule has 0 atom stereocenters. The van der Waals surface area contributed by atoms with Gasteiger partial charge in [-0.25, -0.2) is 4.98 Å². The van der Waals surface area contributed by atoms with Gasteiger partial charge in [0.25, 0.3) is 5.56 Å². The Balaban J connectivity index is 2.74. The van der Waals surface area contributed by atoms with E-state index in [-0.39, 0.29) is 11.0 Å². The lowest BCUT2D eigenvalue weighted by atomic mass is 9.94. The molecule has 0 aromatic carbocycles. The summed E-state index contributed by atoms with van der Waals surface area (Å²) in [5.41, 5.74) is 3.09. The van der Waals surface area contributed by atoms with E-state index in [9.17, 15) is 4.79 Å². The normalized spacial score (nSPS) is 11.6. The number of pyridine rings is 1. The molecule has 0 amide bonds. The molecule has 0 aliphatic heterocycles. The average molecular weight is 257 g/mol. The summed E-state index contributed by atoms with van der Waals surface area (Å²) < 4.78 is 0. The molecule has 0 spiro atoms. The van der Waals surface area contributed by atoms with Gasteiger partial charge in [0, 0.05) is 28.9 Å². The molecule has 0 unspecified atom stereocenters. The van der Waals surface area contributed by atoms with Crippen LogP contribution in [0.5, 0.6) is 0 Å². The first kappa shape index (κ1) is 13.5. The van der Waals surface area contributed by atoms with E-state index in [2.05, 4.69) is 15.0 Å². The number of hydrogen-bond acceptors (Lipinski definition) is 3. The third kappa shape index (κ3) is 2.57. The van der Waals surface area contributed by atoms with Gasteiger partial charge < -0.3 is 4.98 Å². The largest absolute Gasteiger partial charge is 0.310 e. The van der Waals surface area contributed by atoms with Crippen molar-refractivity contribution in [1.82, 2.24) is 15.0 Å². The van der Waals surface area contributed by atoms with Crippen molar-refractivity contribution >= 4 is 0 Å². The molecular formula is C15H19N3O. The zero-order valence-corrected chi connectivity index (χ0v) is 12.0. The summed E-state index contributed by atoms with van der Waals surface area (Å²) in [5.74, 6) is 0.703. The maximum Gasteiger partial charge on any atom is 0.254 e. The maximum atomic E-state index is 12.1. The van der Waals surface area contributed by atoms with Gasteiger partial charge in [0.15, 0.2) is 0 Å². The number of rotatable bonds is 1. The lowest BCUT2D eigenvalue weighted by Crippen LogP contribution is -2.24. The topological polar surface area (TPSA) is 58.6 Å². The number of aromatic nitrogens is 3. The van der Waals surface area contributed by atoms with Crippen LogP contribution in [0.25, 0.3) is 11.3 Å². The highest BCUT2D eigenvalue weighted by Crippen LogP contribution is 2.25. The summed E-state index contributed by atoms with van der Waals surface area (Å²) in [5, 5.41) is 0. The molecule has 0 saturated heterocycles. The van der Waals surface area contributed by atoms with Gasteiger partial charge in [-0.3, -0.25) is 9.78 Å². The van der Waals surface area contributed by atoms with Crippen LogP contribution in [0.4, 0.5) is 0 Å². The van der Waals surface area contributed by atoms with E-state index < -0.39 is 0 Å². The van der Waals surface area contributed by atoms with Crippen molar-refractivity contribution in [2.75, 3.05) is 0 Å². The van der Waals surface area contributed by atoms with Gasteiger partial charge in [0.05, 0.1) is 5.69 Å². The minimum atomic E-state index is -0.192. The molecule has 2 rings (SSSR count). The molecule has 19 heavy (non-hydrogen) atoms. The monoisotopic (exact) mass is 257 g/mol. The molecule has 4 heteroatoms. The molecule has 2 heterocycles. The third-order valence-corrected chi connectivity index (χ3v) is 3.14. The van der Waals surface area contributed by atoms with Crippen molar-refractivity contribution in [2.45, 2.75) is 40.0 Å². The molecule has 2 aromatic heterocycles. The van der Waals surface area contributed by atoms with E-state index >= 15 is 0 Å². The minimum absolute atomic E-state index is 0.0777. The maximum absolute atomic E-state index is 12.1. The second kappa shape index (κ2) is 4.61. The van der Waals surface area contributed by atoms with Gasteiger partial charge >= 0.3 is 0 Å². The van der Waals surface area contributed by atoms with E-state index in [1.54, 1.807) is 19.3 Å². The molecule has 2 aromatic rings. The summed E-state index contributed by atoms with van der Waals surface area (Å²) in [6.45, 7) is 9.87. The fourth-order valence-electron chi connectivity index (χ4n) is 1.89. The highest BCUT2D eigenvalue weighted by atomic mass is 16.1. The molecule has 1 N–H and O–H groups in total. The van der Waals surface area contributed by atoms with Gasteiger partial charge in [-0.2, -0.15) is 0 Å². The summed E-state index contributed by atoms with van der Waals surface area (Å²) in [4.78, 5) is 23.7. The molecule has 0 fully saturated rings. The van der Waals surface area contributed by atoms with Crippen LogP contribution in [0.3, 0.4) is 0 Å². The Morgan fingerprint density at radius 1 is 1.21 bits per heavy atom. The van der Waals surface area contributed by atoms with Gasteiger partial charge in [-0.1, -0.05) is 20.8 Å². The van der Waals surface area contributed by atoms with E-state index in [1.165, 1.54) is 0 Å². The standard InChI is InChI=1S/C15H19N3O/c1-9-8-16-7-6-11(9)12-10(2)13(19)18-14(17-12)15(3,4)5/h6-8H,1-5H3,(H,17,18,19). The van der Waals surface area contributed by atoms with Crippen molar-refractivity contribution in [3.05, 3.63) is 45.8 Å². The number of nitrogens with one attached hydrogen (secondary N) is 1. The predicted molar refractivity (Wildman–Crippen MR) is 76.3 cm³/mol. The predicted octanol–water partition coefficient (Wildman–Crippen LogP) is 2.75. The summed E-state index contributed by atoms with van der Waals surface area (Å²) >= 11 is 0. The number of aromatic amines is 1. The first-order chi connectivity index (χ1) is 8.80. The lowest BCUT2D eigenvalue weighted by molar-refractivity contribution is 0.542. The SMILES string of the molecule is Cc1cnccc1-c1nc(C(C)(C)C)[nH]c(=O)c1C. The van der Waals surface area contributed by atoms with Gasteiger partial charge in [-0.05, 0) is 25.5 Å². The van der Waals surface area contributed by atoms with Crippen LogP contribution in [-0.2, 0) is 5.41 Å². The Morgan fingerprint density at radius 2 is 1.89 bits per heavy atom. The molecule has 0 bridgehead atoms. The molecule has 0 radical (unpaired) electrons. The minimum Gasteiger partial charge on any atom is -0.310 e. The second-order valence-corrected chi connectivity index (χ2v) is 5.83. The third-order valence-electron chi connectivity index (χ3n) is 3.14.